The maximum absolute atomic E-state index is 4.49. The normalized spacial score (nSPS) is 42.9. The quantitative estimate of drug-likeness (QED) is 0.575. The molecule has 0 N–H and O–H groups in total. The molecule has 2 nitrogen and oxygen atoms in total. The van der Waals surface area contributed by atoms with E-state index < -0.39 is 0 Å². The smallest absolute Gasteiger partial charge is 0.0992 e. The largest absolute Gasteiger partial charge is 0.310 e. The first-order valence-corrected chi connectivity index (χ1v) is 10.4. The van der Waals surface area contributed by atoms with Crippen molar-refractivity contribution < 1.29 is 0 Å². The van der Waals surface area contributed by atoms with Crippen LogP contribution in [0.4, 0.5) is 0 Å². The van der Waals surface area contributed by atoms with Crippen molar-refractivity contribution in [3.8, 4) is 0 Å². The first-order valence-electron chi connectivity index (χ1n) is 10.4. The Bertz CT molecular complexity index is 754. The average Bonchev–Trinajstić information content (AvgIpc) is 3.16. The Balaban J connectivity index is 1.49. The molecule has 0 aliphatic heterocycles. The van der Waals surface area contributed by atoms with Crippen molar-refractivity contribution in [2.75, 3.05) is 0 Å². The van der Waals surface area contributed by atoms with Gasteiger partial charge in [-0.25, -0.2) is 4.98 Å². The molecule has 0 radical (unpaired) electrons. The summed E-state index contributed by atoms with van der Waals surface area (Å²) in [6.07, 6.45) is 20.5. The van der Waals surface area contributed by atoms with Gasteiger partial charge in [-0.2, -0.15) is 0 Å². The third-order valence-electron chi connectivity index (χ3n) is 8.55. The molecule has 4 aliphatic rings. The van der Waals surface area contributed by atoms with Crippen LogP contribution in [-0.2, 0) is 0 Å². The topological polar surface area (TPSA) is 17.8 Å². The lowest BCUT2D eigenvalue weighted by Crippen LogP contribution is -2.49. The second kappa shape index (κ2) is 5.34. The number of rotatable bonds is 1. The van der Waals surface area contributed by atoms with Gasteiger partial charge in [0.2, 0.25) is 0 Å². The van der Waals surface area contributed by atoms with Gasteiger partial charge in [-0.05, 0) is 75.0 Å². The number of hydrogen-bond acceptors (Lipinski definition) is 1. The fourth-order valence-electron chi connectivity index (χ4n) is 7.20. The molecule has 0 spiro atoms. The van der Waals surface area contributed by atoms with Gasteiger partial charge >= 0.3 is 0 Å². The fourth-order valence-corrected chi connectivity index (χ4v) is 7.20. The van der Waals surface area contributed by atoms with Gasteiger partial charge in [0.15, 0.2) is 0 Å². The van der Waals surface area contributed by atoms with Crippen molar-refractivity contribution in [1.82, 2.24) is 9.55 Å². The molecule has 1 heterocycles. The second-order valence-corrected chi connectivity index (χ2v) is 9.67. The van der Waals surface area contributed by atoms with Gasteiger partial charge in [0.25, 0.3) is 0 Å². The molecule has 134 valence electrons. The summed E-state index contributed by atoms with van der Waals surface area (Å²) in [5.74, 6) is 2.62. The van der Waals surface area contributed by atoms with Gasteiger partial charge in [-0.3, -0.25) is 0 Å². The lowest BCUT2D eigenvalue weighted by molar-refractivity contribution is -0.0113. The van der Waals surface area contributed by atoms with E-state index in [1.807, 2.05) is 11.9 Å². The Hall–Kier alpha value is -1.31. The monoisotopic (exact) mass is 336 g/mol. The molecule has 2 saturated carbocycles. The molecule has 2 heteroatoms. The number of nitrogens with zero attached hydrogens (tertiary/aromatic N) is 2. The molecule has 0 saturated heterocycles. The van der Waals surface area contributed by atoms with Crippen LogP contribution in [0, 0.1) is 35.5 Å². The van der Waals surface area contributed by atoms with E-state index in [2.05, 4.69) is 48.7 Å². The Morgan fingerprint density at radius 1 is 1.04 bits per heavy atom. The zero-order valence-corrected chi connectivity index (χ0v) is 16.1. The lowest BCUT2D eigenvalue weighted by Gasteiger charge is -2.57. The van der Waals surface area contributed by atoms with Crippen molar-refractivity contribution in [3.05, 3.63) is 35.9 Å². The SMILES string of the molecule is Cc1cn(C2=CCC3C4CC=C5CCCCC5(C)C4CCC23C)cn1. The molecule has 5 unspecified atom stereocenters. The minimum atomic E-state index is 0.338. The fraction of sp³-hybridized carbons (Fsp3) is 0.696. The van der Waals surface area contributed by atoms with Gasteiger partial charge in [0.1, 0.15) is 0 Å². The van der Waals surface area contributed by atoms with Gasteiger partial charge in [0.05, 0.1) is 12.0 Å². The van der Waals surface area contributed by atoms with Crippen LogP contribution in [0.1, 0.15) is 70.9 Å². The second-order valence-electron chi connectivity index (χ2n) is 9.67. The predicted molar refractivity (Wildman–Crippen MR) is 103 cm³/mol. The Morgan fingerprint density at radius 2 is 1.92 bits per heavy atom. The first kappa shape index (κ1) is 15.9. The van der Waals surface area contributed by atoms with Crippen molar-refractivity contribution in [3.63, 3.8) is 0 Å². The van der Waals surface area contributed by atoms with Gasteiger partial charge in [-0.15, -0.1) is 0 Å². The minimum Gasteiger partial charge on any atom is -0.310 e. The Labute approximate surface area is 152 Å². The van der Waals surface area contributed by atoms with Crippen molar-refractivity contribution in [2.45, 2.75) is 72.1 Å². The average molecular weight is 337 g/mol. The summed E-state index contributed by atoms with van der Waals surface area (Å²) < 4.78 is 2.32. The van der Waals surface area contributed by atoms with Crippen LogP contribution in [0.25, 0.3) is 5.70 Å². The van der Waals surface area contributed by atoms with E-state index in [1.165, 1.54) is 57.1 Å². The van der Waals surface area contributed by atoms with E-state index in [0.717, 1.165) is 23.4 Å². The molecule has 5 rings (SSSR count). The standard InChI is InChI=1S/C23H32N2/c1-16-14-25(15-24-16)21-10-9-19-18-8-7-17-6-4-5-12-22(17,2)20(18)11-13-23(19,21)3/h7,10,14-15,18-20H,4-6,8-9,11-13H2,1-3H3. The van der Waals surface area contributed by atoms with Crippen LogP contribution in [-0.4, -0.2) is 9.55 Å². The number of aromatic nitrogens is 2. The van der Waals surface area contributed by atoms with Crippen molar-refractivity contribution in [1.29, 1.82) is 0 Å². The first-order chi connectivity index (χ1) is 12.0. The number of hydrogen-bond donors (Lipinski definition) is 0. The summed E-state index contributed by atoms with van der Waals surface area (Å²) in [4.78, 5) is 4.49. The number of allylic oxidation sites excluding steroid dienone is 4. The van der Waals surface area contributed by atoms with E-state index in [1.54, 1.807) is 0 Å². The van der Waals surface area contributed by atoms with Gasteiger partial charge in [-0.1, -0.05) is 38.0 Å². The molecule has 2 fully saturated rings. The maximum atomic E-state index is 4.49. The van der Waals surface area contributed by atoms with Crippen LogP contribution in [0.2, 0.25) is 0 Å². The minimum absolute atomic E-state index is 0.338. The highest BCUT2D eigenvalue weighted by atomic mass is 15.1. The lowest BCUT2D eigenvalue weighted by atomic mass is 9.48. The van der Waals surface area contributed by atoms with Gasteiger partial charge < -0.3 is 4.57 Å². The Kier molecular flexibility index (Phi) is 3.40. The summed E-state index contributed by atoms with van der Waals surface area (Å²) in [6, 6.07) is 0. The van der Waals surface area contributed by atoms with E-state index in [9.17, 15) is 0 Å². The van der Waals surface area contributed by atoms with E-state index in [0.29, 0.717) is 10.8 Å². The van der Waals surface area contributed by atoms with Crippen LogP contribution in [0.3, 0.4) is 0 Å². The van der Waals surface area contributed by atoms with Gasteiger partial charge in [0, 0.05) is 17.3 Å². The molecule has 0 amide bonds. The number of aryl methyl sites for hydroxylation is 1. The number of imidazole rings is 1. The highest BCUT2D eigenvalue weighted by molar-refractivity contribution is 5.57. The van der Waals surface area contributed by atoms with Crippen molar-refractivity contribution in [2.24, 2.45) is 28.6 Å². The highest BCUT2D eigenvalue weighted by Crippen LogP contribution is 2.65. The zero-order chi connectivity index (χ0) is 17.2. The van der Waals surface area contributed by atoms with Crippen LogP contribution < -0.4 is 0 Å². The molecule has 1 aromatic rings. The molecule has 5 atom stereocenters. The van der Waals surface area contributed by atoms with Crippen LogP contribution in [0.5, 0.6) is 0 Å². The zero-order valence-electron chi connectivity index (χ0n) is 16.1. The molecule has 25 heavy (non-hydrogen) atoms. The Morgan fingerprint density at radius 3 is 2.72 bits per heavy atom. The molecular formula is C23H32N2. The maximum Gasteiger partial charge on any atom is 0.0992 e. The van der Waals surface area contributed by atoms with E-state index >= 15 is 0 Å². The third kappa shape index (κ3) is 2.12. The van der Waals surface area contributed by atoms with E-state index in [4.69, 9.17) is 0 Å². The molecular weight excluding hydrogens is 304 g/mol. The summed E-state index contributed by atoms with van der Waals surface area (Å²) in [6.45, 7) is 7.25. The van der Waals surface area contributed by atoms with Crippen molar-refractivity contribution >= 4 is 5.70 Å². The van der Waals surface area contributed by atoms with E-state index in [-0.39, 0.29) is 0 Å². The van der Waals surface area contributed by atoms with Crippen LogP contribution >= 0.6 is 0 Å². The summed E-state index contributed by atoms with van der Waals surface area (Å²) >= 11 is 0. The summed E-state index contributed by atoms with van der Waals surface area (Å²) in [5.41, 5.74) is 5.32. The molecule has 4 aliphatic carbocycles. The predicted octanol–water partition coefficient (Wildman–Crippen LogP) is 6.00. The van der Waals surface area contributed by atoms with Crippen LogP contribution in [0.15, 0.2) is 30.2 Å². The third-order valence-corrected chi connectivity index (χ3v) is 8.55. The summed E-state index contributed by atoms with van der Waals surface area (Å²) in [5, 5.41) is 0. The number of fused-ring (bicyclic) bond motifs is 5. The molecule has 0 aromatic carbocycles. The molecule has 1 aromatic heterocycles. The molecule has 0 bridgehead atoms. The summed E-state index contributed by atoms with van der Waals surface area (Å²) in [7, 11) is 0. The highest BCUT2D eigenvalue weighted by Gasteiger charge is 2.56.